The lowest BCUT2D eigenvalue weighted by Gasteiger charge is -2.12. The summed E-state index contributed by atoms with van der Waals surface area (Å²) in [6, 6.07) is 15.4. The Morgan fingerprint density at radius 3 is 2.53 bits per heavy atom. The van der Waals surface area contributed by atoms with E-state index in [1.807, 2.05) is 24.3 Å². The van der Waals surface area contributed by atoms with E-state index in [1.165, 1.54) is 18.5 Å². The summed E-state index contributed by atoms with van der Waals surface area (Å²) in [5.41, 5.74) is 2.13. The van der Waals surface area contributed by atoms with Gasteiger partial charge in [-0.05, 0) is 42.5 Å². The number of benzene rings is 2. The van der Waals surface area contributed by atoms with Crippen LogP contribution in [-0.2, 0) is 9.84 Å². The fourth-order valence-corrected chi connectivity index (χ4v) is 3.66. The van der Waals surface area contributed by atoms with Crippen LogP contribution in [0.1, 0.15) is 0 Å². The highest BCUT2D eigenvalue weighted by molar-refractivity contribution is 7.90. The average Bonchev–Trinajstić information content (AvgIpc) is 2.73. The third kappa shape index (κ3) is 3.87. The van der Waals surface area contributed by atoms with Gasteiger partial charge in [-0.15, -0.1) is 0 Å². The van der Waals surface area contributed by atoms with Crippen LogP contribution in [0.5, 0.6) is 5.75 Å². The average molecular weight is 422 g/mol. The summed E-state index contributed by atoms with van der Waals surface area (Å²) in [4.78, 5) is 24.1. The SMILES string of the molecule is COc1cccc(-c2cc3nc[nH]c(=O)c3c(Nc3ccc(S(C)(=O)=O)cc3)n2)c1. The molecule has 0 amide bonds. The van der Waals surface area contributed by atoms with Crippen molar-refractivity contribution in [3.8, 4) is 17.0 Å². The first-order valence-corrected chi connectivity index (χ1v) is 10.8. The van der Waals surface area contributed by atoms with Gasteiger partial charge in [0.15, 0.2) is 9.84 Å². The Morgan fingerprint density at radius 1 is 1.07 bits per heavy atom. The highest BCUT2D eigenvalue weighted by atomic mass is 32.2. The van der Waals surface area contributed by atoms with Crippen molar-refractivity contribution >= 4 is 32.2 Å². The number of aromatic amines is 1. The van der Waals surface area contributed by atoms with E-state index in [1.54, 1.807) is 25.3 Å². The monoisotopic (exact) mass is 422 g/mol. The summed E-state index contributed by atoms with van der Waals surface area (Å²) >= 11 is 0. The zero-order valence-electron chi connectivity index (χ0n) is 16.2. The highest BCUT2D eigenvalue weighted by Gasteiger charge is 2.13. The first-order chi connectivity index (χ1) is 14.3. The molecule has 30 heavy (non-hydrogen) atoms. The number of pyridine rings is 1. The summed E-state index contributed by atoms with van der Waals surface area (Å²) < 4.78 is 28.6. The van der Waals surface area contributed by atoms with Crippen LogP contribution in [0.25, 0.3) is 22.2 Å². The molecule has 2 N–H and O–H groups in total. The predicted molar refractivity (Wildman–Crippen MR) is 115 cm³/mol. The van der Waals surface area contributed by atoms with Gasteiger partial charge in [-0.25, -0.2) is 18.4 Å². The van der Waals surface area contributed by atoms with Crippen LogP contribution in [-0.4, -0.2) is 36.7 Å². The van der Waals surface area contributed by atoms with Gasteiger partial charge in [-0.1, -0.05) is 12.1 Å². The number of hydrogen-bond acceptors (Lipinski definition) is 7. The Labute approximate surface area is 172 Å². The molecule has 0 fully saturated rings. The maximum absolute atomic E-state index is 12.4. The van der Waals surface area contributed by atoms with E-state index < -0.39 is 9.84 Å². The van der Waals surface area contributed by atoms with E-state index in [2.05, 4.69) is 20.3 Å². The van der Waals surface area contributed by atoms with Crippen LogP contribution in [0.15, 0.2) is 70.6 Å². The van der Waals surface area contributed by atoms with Gasteiger partial charge in [0.05, 0.1) is 29.5 Å². The summed E-state index contributed by atoms with van der Waals surface area (Å²) in [6.45, 7) is 0. The van der Waals surface area contributed by atoms with Crippen molar-refractivity contribution in [1.29, 1.82) is 0 Å². The number of anilines is 2. The molecule has 152 valence electrons. The zero-order chi connectivity index (χ0) is 21.3. The number of nitrogens with one attached hydrogen (secondary N) is 2. The van der Waals surface area contributed by atoms with Gasteiger partial charge in [0.25, 0.3) is 5.56 Å². The minimum absolute atomic E-state index is 0.204. The van der Waals surface area contributed by atoms with Gasteiger partial charge in [0, 0.05) is 17.5 Å². The van der Waals surface area contributed by atoms with E-state index >= 15 is 0 Å². The third-order valence-electron chi connectivity index (χ3n) is 4.54. The number of nitrogens with zero attached hydrogens (tertiary/aromatic N) is 2. The molecule has 0 saturated heterocycles. The Hall–Kier alpha value is -3.72. The maximum atomic E-state index is 12.4. The predicted octanol–water partition coefficient (Wildman–Crippen LogP) is 3.14. The van der Waals surface area contributed by atoms with E-state index in [4.69, 9.17) is 4.74 Å². The minimum Gasteiger partial charge on any atom is -0.497 e. The van der Waals surface area contributed by atoms with Crippen LogP contribution in [0.3, 0.4) is 0 Å². The molecule has 0 bridgehead atoms. The lowest BCUT2D eigenvalue weighted by atomic mass is 10.1. The lowest BCUT2D eigenvalue weighted by Crippen LogP contribution is -2.10. The van der Waals surface area contributed by atoms with Crippen molar-refractivity contribution in [2.24, 2.45) is 0 Å². The van der Waals surface area contributed by atoms with Crippen molar-refractivity contribution in [3.05, 3.63) is 71.3 Å². The number of aromatic nitrogens is 3. The highest BCUT2D eigenvalue weighted by Crippen LogP contribution is 2.29. The first kappa shape index (κ1) is 19.6. The molecule has 2 heterocycles. The number of fused-ring (bicyclic) bond motifs is 1. The smallest absolute Gasteiger partial charge is 0.262 e. The topological polar surface area (TPSA) is 114 Å². The van der Waals surface area contributed by atoms with Crippen molar-refractivity contribution < 1.29 is 13.2 Å². The van der Waals surface area contributed by atoms with Crippen LogP contribution in [0.4, 0.5) is 11.5 Å². The van der Waals surface area contributed by atoms with Crippen LogP contribution >= 0.6 is 0 Å². The molecule has 0 atom stereocenters. The van der Waals surface area contributed by atoms with Crippen LogP contribution in [0, 0.1) is 0 Å². The molecule has 0 unspecified atom stereocenters. The molecule has 4 aromatic rings. The largest absolute Gasteiger partial charge is 0.497 e. The van der Waals surface area contributed by atoms with Crippen molar-refractivity contribution in [1.82, 2.24) is 15.0 Å². The second-order valence-corrected chi connectivity index (χ2v) is 8.65. The quantitative estimate of drug-likeness (QED) is 0.508. The fraction of sp³-hybridized carbons (Fsp3) is 0.0952. The van der Waals surface area contributed by atoms with E-state index in [0.29, 0.717) is 33.9 Å². The van der Waals surface area contributed by atoms with E-state index in [0.717, 1.165) is 11.8 Å². The van der Waals surface area contributed by atoms with Gasteiger partial charge in [0.1, 0.15) is 17.0 Å². The Kier molecular flexibility index (Phi) is 4.96. The van der Waals surface area contributed by atoms with Crippen LogP contribution in [0.2, 0.25) is 0 Å². The van der Waals surface area contributed by atoms with Gasteiger partial charge in [-0.3, -0.25) is 4.79 Å². The van der Waals surface area contributed by atoms with Crippen molar-refractivity contribution in [2.75, 3.05) is 18.7 Å². The summed E-state index contributed by atoms with van der Waals surface area (Å²) in [5.74, 6) is 0.992. The number of methoxy groups -OCH3 is 1. The molecule has 0 aliphatic carbocycles. The summed E-state index contributed by atoms with van der Waals surface area (Å²) in [7, 11) is -1.72. The first-order valence-electron chi connectivity index (χ1n) is 8.95. The number of hydrogen-bond donors (Lipinski definition) is 2. The molecule has 2 aromatic carbocycles. The maximum Gasteiger partial charge on any atom is 0.262 e. The second-order valence-electron chi connectivity index (χ2n) is 6.64. The normalized spacial score (nSPS) is 11.4. The molecular formula is C21H18N4O4S. The molecule has 0 aliphatic rings. The molecule has 0 saturated carbocycles. The Balaban J connectivity index is 1.84. The Morgan fingerprint density at radius 2 is 1.83 bits per heavy atom. The molecule has 9 heteroatoms. The van der Waals surface area contributed by atoms with E-state index in [-0.39, 0.29) is 10.5 Å². The third-order valence-corrected chi connectivity index (χ3v) is 5.66. The molecule has 4 rings (SSSR count). The number of ether oxygens (including phenoxy) is 1. The van der Waals surface area contributed by atoms with Gasteiger partial charge >= 0.3 is 0 Å². The molecule has 0 spiro atoms. The molecule has 0 radical (unpaired) electrons. The zero-order valence-corrected chi connectivity index (χ0v) is 17.0. The minimum atomic E-state index is -3.30. The number of rotatable bonds is 5. The number of sulfone groups is 1. The number of H-pyrrole nitrogens is 1. The summed E-state index contributed by atoms with van der Waals surface area (Å²) in [6.07, 6.45) is 2.48. The summed E-state index contributed by atoms with van der Waals surface area (Å²) in [5, 5.41) is 3.41. The molecular weight excluding hydrogens is 404 g/mol. The fourth-order valence-electron chi connectivity index (χ4n) is 3.03. The van der Waals surface area contributed by atoms with Gasteiger partial charge in [-0.2, -0.15) is 0 Å². The van der Waals surface area contributed by atoms with E-state index in [9.17, 15) is 13.2 Å². The van der Waals surface area contributed by atoms with Gasteiger partial charge < -0.3 is 15.0 Å². The standard InChI is InChI=1S/C21H18N4O4S/c1-29-15-5-3-4-13(10-15)17-11-18-19(21(26)23-12-22-18)20(25-17)24-14-6-8-16(9-7-14)30(2,27)28/h3-12H,1-2H3,(H,24,25)(H,22,23,26). The van der Waals surface area contributed by atoms with Gasteiger partial charge in [0.2, 0.25) is 0 Å². The van der Waals surface area contributed by atoms with Crippen molar-refractivity contribution in [3.63, 3.8) is 0 Å². The van der Waals surface area contributed by atoms with Crippen LogP contribution < -0.4 is 15.6 Å². The molecule has 2 aromatic heterocycles. The molecule has 0 aliphatic heterocycles. The van der Waals surface area contributed by atoms with Crippen molar-refractivity contribution in [2.45, 2.75) is 4.90 Å². The lowest BCUT2D eigenvalue weighted by molar-refractivity contribution is 0.415. The Bertz CT molecular complexity index is 1400. The second kappa shape index (κ2) is 7.60. The molecule has 8 nitrogen and oxygen atoms in total.